The number of aromatic hydroxyl groups is 1. The zero-order chi connectivity index (χ0) is 51.7. The highest BCUT2D eigenvalue weighted by Gasteiger charge is 2.22. The summed E-state index contributed by atoms with van der Waals surface area (Å²) in [6.45, 7) is 10.5. The Hall–Kier alpha value is -6.83. The van der Waals surface area contributed by atoms with E-state index in [1.165, 1.54) is 12.1 Å². The molecular weight excluding hydrogens is 995 g/mol. The summed E-state index contributed by atoms with van der Waals surface area (Å²) in [6, 6.07) is 16.1. The molecule has 0 heterocycles. The lowest BCUT2D eigenvalue weighted by Gasteiger charge is -2.08. The van der Waals surface area contributed by atoms with Gasteiger partial charge in [0.15, 0.2) is 0 Å². The van der Waals surface area contributed by atoms with Crippen LogP contribution in [0.2, 0.25) is 0 Å². The number of halogens is 11. The standard InChI is InChI=1S/C18H12F3NO2.C11H9ClF2O.C11H10F2O2.C7H4FNO.Cl2OS/c1-2-3-4-11-7-15(20)17(16(21)8-11)18(23)24-13-6-5-12(10-22)14(19)9-13;1-2-3-4-7-5-8(13)10(11(12)15)9(14)6-7;1-2-3-4-7-5-8(12)10(11(14)15)9(13)6-7;8-7-3-6(10)2-1-5(7)4-9;1-4(2)3/h2,5-9H,1,3-4H2;2,5-6H,1,3-4H2;2,5-6H,1,3-4H2,(H,14,15);1-3,10H;. The molecule has 2 N–H and O–H groups in total. The Labute approximate surface area is 400 Å². The number of nitriles is 2. The number of hydrogen-bond acceptors (Lipinski definition) is 8. The quantitative estimate of drug-likeness (QED) is 0.0384. The van der Waals surface area contributed by atoms with Gasteiger partial charge in [-0.1, -0.05) is 18.2 Å². The van der Waals surface area contributed by atoms with Gasteiger partial charge in [0, 0.05) is 33.5 Å². The minimum Gasteiger partial charge on any atom is -0.508 e. The van der Waals surface area contributed by atoms with Crippen molar-refractivity contribution in [3.63, 3.8) is 0 Å². The van der Waals surface area contributed by atoms with Gasteiger partial charge in [0.25, 0.3) is 5.24 Å². The normalized spacial score (nSPS) is 9.79. The van der Waals surface area contributed by atoms with Gasteiger partial charge in [0.05, 0.1) is 11.1 Å². The maximum Gasteiger partial charge on any atom is 0.349 e. The average molecular weight is 1030 g/mol. The van der Waals surface area contributed by atoms with Gasteiger partial charge in [0.1, 0.15) is 86.9 Å². The van der Waals surface area contributed by atoms with E-state index in [0.717, 1.165) is 60.7 Å². The van der Waals surface area contributed by atoms with Gasteiger partial charge in [-0.05, 0) is 127 Å². The van der Waals surface area contributed by atoms with Gasteiger partial charge in [-0.15, -0.1) is 19.7 Å². The molecular formula is C47H35Cl3F8N2O7S. The molecule has 5 aromatic carbocycles. The van der Waals surface area contributed by atoms with Crippen LogP contribution in [0, 0.1) is 69.2 Å². The van der Waals surface area contributed by atoms with Gasteiger partial charge in [-0.2, -0.15) is 10.5 Å². The van der Waals surface area contributed by atoms with Gasteiger partial charge >= 0.3 is 11.9 Å². The Kier molecular flexibility index (Phi) is 26.5. The molecule has 0 radical (unpaired) electrons. The molecule has 5 rings (SSSR count). The predicted octanol–water partition coefficient (Wildman–Crippen LogP) is 13.0. The van der Waals surface area contributed by atoms with E-state index in [0.29, 0.717) is 55.2 Å². The number of esters is 1. The van der Waals surface area contributed by atoms with Crippen LogP contribution in [0.5, 0.6) is 11.5 Å². The molecule has 5 aromatic rings. The molecule has 9 nitrogen and oxygen atoms in total. The summed E-state index contributed by atoms with van der Waals surface area (Å²) >= 11 is 5.04. The highest BCUT2D eigenvalue weighted by Crippen LogP contribution is 2.23. The number of carboxylic acids is 1. The van der Waals surface area contributed by atoms with E-state index in [9.17, 15) is 49.5 Å². The zero-order valence-electron chi connectivity index (χ0n) is 34.9. The molecule has 0 aliphatic heterocycles. The number of aryl methyl sites for hydroxylation is 3. The molecule has 358 valence electrons. The molecule has 0 aliphatic carbocycles. The third-order valence-corrected chi connectivity index (χ3v) is 8.37. The maximum atomic E-state index is 14.0. The molecule has 68 heavy (non-hydrogen) atoms. The summed E-state index contributed by atoms with van der Waals surface area (Å²) < 4.78 is 121. The van der Waals surface area contributed by atoms with Crippen molar-refractivity contribution >= 4 is 59.4 Å². The smallest absolute Gasteiger partial charge is 0.349 e. The lowest BCUT2D eigenvalue weighted by atomic mass is 10.1. The predicted molar refractivity (Wildman–Crippen MR) is 240 cm³/mol. The molecule has 0 unspecified atom stereocenters. The fourth-order valence-electron chi connectivity index (χ4n) is 5.11. The second-order valence-electron chi connectivity index (χ2n) is 13.0. The lowest BCUT2D eigenvalue weighted by molar-refractivity contribution is 0.0683. The topological polar surface area (TPSA) is 166 Å². The lowest BCUT2D eigenvalue weighted by Crippen LogP contribution is -2.14. The highest BCUT2D eigenvalue weighted by atomic mass is 36.0. The first-order chi connectivity index (χ1) is 32.0. The number of hydrogen-bond donors (Lipinski definition) is 2. The largest absolute Gasteiger partial charge is 0.508 e. The van der Waals surface area contributed by atoms with Gasteiger partial charge in [-0.25, -0.2) is 48.9 Å². The Morgan fingerprint density at radius 1 is 0.588 bits per heavy atom. The van der Waals surface area contributed by atoms with Crippen LogP contribution in [-0.2, 0) is 28.5 Å². The van der Waals surface area contributed by atoms with Crippen LogP contribution in [0.15, 0.2) is 111 Å². The minimum atomic E-state index is -1.67. The van der Waals surface area contributed by atoms with Crippen LogP contribution < -0.4 is 4.74 Å². The summed E-state index contributed by atoms with van der Waals surface area (Å²) in [5.74, 6) is -11.0. The fourth-order valence-corrected chi connectivity index (χ4v) is 5.29. The van der Waals surface area contributed by atoms with Crippen molar-refractivity contribution in [3.8, 4) is 23.6 Å². The molecule has 0 aliphatic rings. The van der Waals surface area contributed by atoms with Crippen molar-refractivity contribution in [1.82, 2.24) is 0 Å². The fraction of sp³-hybridized carbons (Fsp3) is 0.128. The summed E-state index contributed by atoms with van der Waals surface area (Å²) in [5, 5.41) is 32.9. The number of phenols is 1. The summed E-state index contributed by atoms with van der Waals surface area (Å²) in [4.78, 5) is 33.1. The second-order valence-corrected chi connectivity index (χ2v) is 15.8. The summed E-state index contributed by atoms with van der Waals surface area (Å²) in [7, 11) is 7.36. The first-order valence-electron chi connectivity index (χ1n) is 18.8. The van der Waals surface area contributed by atoms with Crippen LogP contribution in [0.4, 0.5) is 35.1 Å². The van der Waals surface area contributed by atoms with Gasteiger partial charge < -0.3 is 14.9 Å². The first-order valence-corrected chi connectivity index (χ1v) is 22.0. The molecule has 0 atom stereocenters. The van der Waals surface area contributed by atoms with Crippen LogP contribution in [-0.4, -0.2) is 31.6 Å². The van der Waals surface area contributed by atoms with Crippen molar-refractivity contribution < 1.29 is 68.7 Å². The molecule has 0 saturated heterocycles. The van der Waals surface area contributed by atoms with E-state index in [-0.39, 0.29) is 22.6 Å². The minimum absolute atomic E-state index is 0.0576. The van der Waals surface area contributed by atoms with E-state index in [1.807, 2.05) is 0 Å². The van der Waals surface area contributed by atoms with Crippen molar-refractivity contribution in [3.05, 3.63) is 202 Å². The van der Waals surface area contributed by atoms with Crippen LogP contribution in [0.3, 0.4) is 0 Å². The van der Waals surface area contributed by atoms with Crippen molar-refractivity contribution in [2.24, 2.45) is 0 Å². The SMILES string of the molecule is C=CCCc1cc(F)c(C(=O)Cl)c(F)c1.C=CCCc1cc(F)c(C(=O)O)c(F)c1.C=CCCc1cc(F)c(C(=O)Oc2ccc(C#N)c(F)c2)c(F)c1.N#Cc1ccc(O)cc1F.O=S(Cl)Cl. The Morgan fingerprint density at radius 2 is 0.926 bits per heavy atom. The third-order valence-electron chi connectivity index (χ3n) is 8.18. The number of nitrogens with zero attached hydrogens (tertiary/aromatic N) is 2. The molecule has 0 saturated carbocycles. The Balaban J connectivity index is 0.000000460. The van der Waals surface area contributed by atoms with Crippen LogP contribution in [0.1, 0.15) is 78.2 Å². The second kappa shape index (κ2) is 30.5. The summed E-state index contributed by atoms with van der Waals surface area (Å²) in [5.41, 5.74) is -1.47. The monoisotopic (exact) mass is 1030 g/mol. The number of ether oxygens (including phenoxy) is 1. The maximum absolute atomic E-state index is 14.0. The van der Waals surface area contributed by atoms with E-state index in [1.54, 1.807) is 30.4 Å². The Morgan fingerprint density at radius 3 is 1.24 bits per heavy atom. The van der Waals surface area contributed by atoms with Crippen molar-refractivity contribution in [1.29, 1.82) is 10.5 Å². The van der Waals surface area contributed by atoms with E-state index in [2.05, 4.69) is 41.1 Å². The number of allylic oxidation sites excluding steroid dienone is 3. The Bertz CT molecular complexity index is 2600. The number of carbonyl (C=O) groups excluding carboxylic acids is 2. The van der Waals surface area contributed by atoms with E-state index in [4.69, 9.17) is 41.3 Å². The first kappa shape index (κ1) is 59.2. The zero-order valence-corrected chi connectivity index (χ0v) is 38.0. The summed E-state index contributed by atoms with van der Waals surface area (Å²) in [6.07, 6.45) is 7.93. The number of phenolic OH excluding ortho intramolecular Hbond substituents is 1. The van der Waals surface area contributed by atoms with E-state index < -0.39 is 89.6 Å². The molecule has 0 aromatic heterocycles. The van der Waals surface area contributed by atoms with Crippen molar-refractivity contribution in [2.45, 2.75) is 38.5 Å². The van der Waals surface area contributed by atoms with E-state index >= 15 is 0 Å². The van der Waals surface area contributed by atoms with Crippen LogP contribution >= 0.6 is 33.0 Å². The highest BCUT2D eigenvalue weighted by molar-refractivity contribution is 8.26. The number of aromatic carboxylic acids is 1. The molecule has 21 heteroatoms. The van der Waals surface area contributed by atoms with Gasteiger partial charge in [0.2, 0.25) is 9.23 Å². The van der Waals surface area contributed by atoms with Gasteiger partial charge in [-0.3, -0.25) is 4.79 Å². The number of carboxylic acid groups (broad SMARTS) is 1. The number of benzene rings is 5. The van der Waals surface area contributed by atoms with Crippen LogP contribution in [0.25, 0.3) is 0 Å². The average Bonchev–Trinajstić information content (AvgIpc) is 3.24. The third kappa shape index (κ3) is 20.4. The number of rotatable bonds is 13. The van der Waals surface area contributed by atoms with Crippen molar-refractivity contribution in [2.75, 3.05) is 0 Å². The molecule has 0 spiro atoms. The molecule has 0 bridgehead atoms. The number of carbonyl (C=O) groups is 3. The molecule has 0 amide bonds. The molecule has 0 fully saturated rings.